The molecule has 0 amide bonds. The zero-order valence-electron chi connectivity index (χ0n) is 30.3. The molecule has 0 bridgehead atoms. The van der Waals surface area contributed by atoms with Gasteiger partial charge in [-0.1, -0.05) is 158 Å². The second kappa shape index (κ2) is 13.3. The summed E-state index contributed by atoms with van der Waals surface area (Å²) in [5, 5.41) is 5.21. The maximum Gasteiger partial charge on any atom is 0.160 e. The Balaban J connectivity index is 1.07. The molecule has 4 heterocycles. The Hall–Kier alpha value is -7.08. The van der Waals surface area contributed by atoms with Crippen LogP contribution in [0, 0.1) is 0 Å². The second-order valence-electron chi connectivity index (χ2n) is 14.2. The maximum absolute atomic E-state index is 5.12. The summed E-state index contributed by atoms with van der Waals surface area (Å²) < 4.78 is 3.80. The molecule has 0 saturated heterocycles. The van der Waals surface area contributed by atoms with E-state index in [9.17, 15) is 0 Å². The molecule has 0 aliphatic carbocycles. The lowest BCUT2D eigenvalue weighted by molar-refractivity contribution is 0.937. The summed E-state index contributed by atoms with van der Waals surface area (Å²) in [6.45, 7) is 0. The molecule has 0 saturated carbocycles. The zero-order valence-corrected chi connectivity index (χ0v) is 31.1. The number of rotatable bonds is 6. The van der Waals surface area contributed by atoms with E-state index in [-0.39, 0.29) is 6.04 Å². The minimum absolute atomic E-state index is 0.00666. The van der Waals surface area contributed by atoms with Crippen molar-refractivity contribution in [3.05, 3.63) is 205 Å². The molecule has 5 heteroatoms. The van der Waals surface area contributed by atoms with Gasteiger partial charge in [-0.25, -0.2) is 9.97 Å². The van der Waals surface area contributed by atoms with Gasteiger partial charge in [0.2, 0.25) is 0 Å². The van der Waals surface area contributed by atoms with Crippen molar-refractivity contribution in [2.24, 2.45) is 0 Å². The molecule has 11 rings (SSSR count). The van der Waals surface area contributed by atoms with Gasteiger partial charge in [0.05, 0.1) is 33.2 Å². The van der Waals surface area contributed by atoms with Crippen LogP contribution in [-0.4, -0.2) is 14.5 Å². The number of benzene rings is 7. The highest BCUT2D eigenvalue weighted by atomic mass is 32.1. The number of hydrogen-bond donors (Lipinski definition) is 1. The third kappa shape index (κ3) is 5.44. The number of para-hydroxylation sites is 2. The molecule has 0 fully saturated rings. The van der Waals surface area contributed by atoms with E-state index < -0.39 is 0 Å². The minimum Gasteiger partial charge on any atom is -0.373 e. The van der Waals surface area contributed by atoms with Gasteiger partial charge in [-0.05, 0) is 53.1 Å². The molecule has 1 aliphatic heterocycles. The Morgan fingerprint density at radius 1 is 0.500 bits per heavy atom. The van der Waals surface area contributed by atoms with Crippen LogP contribution >= 0.6 is 11.3 Å². The van der Waals surface area contributed by atoms with Crippen LogP contribution in [0.1, 0.15) is 17.2 Å². The van der Waals surface area contributed by atoms with E-state index >= 15 is 0 Å². The second-order valence-corrected chi connectivity index (χ2v) is 15.3. The molecule has 4 nitrogen and oxygen atoms in total. The first-order chi connectivity index (χ1) is 27.8. The van der Waals surface area contributed by atoms with Gasteiger partial charge in [0.25, 0.3) is 0 Å². The fourth-order valence-corrected chi connectivity index (χ4v) is 9.63. The van der Waals surface area contributed by atoms with Crippen LogP contribution in [0.5, 0.6) is 0 Å². The van der Waals surface area contributed by atoms with Crippen LogP contribution in [0.25, 0.3) is 82.3 Å². The fourth-order valence-electron chi connectivity index (χ4n) is 8.24. The molecule has 1 N–H and O–H groups in total. The molecule has 264 valence electrons. The number of hydrogen-bond acceptors (Lipinski definition) is 4. The topological polar surface area (TPSA) is 42.7 Å². The molecule has 7 aromatic carbocycles. The van der Waals surface area contributed by atoms with Gasteiger partial charge in [0, 0.05) is 49.5 Å². The van der Waals surface area contributed by atoms with Gasteiger partial charge in [-0.2, -0.15) is 0 Å². The van der Waals surface area contributed by atoms with Gasteiger partial charge >= 0.3 is 0 Å². The Labute approximate surface area is 329 Å². The standard InChI is InChI=1S/C51H34N4S/c1-4-16-33(17-5-1)43-32-44(54-51(53-43)35-20-8-3-9-21-35)38-24-14-22-36(30-38)37-23-15-25-39(31-37)55-45-29-13-11-27-41(45)50-48(55)46-47(34-18-6-2-7-19-34)52-42-28-12-10-26-40(42)49(46)56-50/h1-32,47,52H. The average molecular weight is 735 g/mol. The molecule has 0 radical (unpaired) electrons. The van der Waals surface area contributed by atoms with Gasteiger partial charge in [-0.15, -0.1) is 11.3 Å². The van der Waals surface area contributed by atoms with Crippen LogP contribution < -0.4 is 5.32 Å². The molecule has 1 aliphatic rings. The highest BCUT2D eigenvalue weighted by Crippen LogP contribution is 2.53. The quantitative estimate of drug-likeness (QED) is 0.185. The van der Waals surface area contributed by atoms with Crippen molar-refractivity contribution in [3.8, 4) is 61.2 Å². The Kier molecular flexibility index (Phi) is 7.71. The number of anilines is 1. The van der Waals surface area contributed by atoms with Crippen molar-refractivity contribution in [2.75, 3.05) is 5.32 Å². The van der Waals surface area contributed by atoms with E-state index in [4.69, 9.17) is 9.97 Å². The summed E-state index contributed by atoms with van der Waals surface area (Å²) in [5.41, 5.74) is 15.7. The summed E-state index contributed by atoms with van der Waals surface area (Å²) in [7, 11) is 0. The molecular formula is C51H34N4S. The Morgan fingerprint density at radius 3 is 1.91 bits per heavy atom. The molecule has 10 aromatic rings. The third-order valence-electron chi connectivity index (χ3n) is 10.8. The van der Waals surface area contributed by atoms with Crippen LogP contribution in [0.2, 0.25) is 0 Å². The Bertz CT molecular complexity index is 3000. The summed E-state index contributed by atoms with van der Waals surface area (Å²) in [5.74, 6) is 0.711. The van der Waals surface area contributed by atoms with Gasteiger partial charge < -0.3 is 9.88 Å². The normalized spacial score (nSPS) is 13.3. The fraction of sp³-hybridized carbons (Fsp3) is 0.0196. The number of fused-ring (bicyclic) bond motifs is 7. The third-order valence-corrected chi connectivity index (χ3v) is 12.1. The summed E-state index contributed by atoms with van der Waals surface area (Å²) in [4.78, 5) is 11.5. The van der Waals surface area contributed by atoms with Crippen LogP contribution in [0.3, 0.4) is 0 Å². The van der Waals surface area contributed by atoms with Crippen molar-refractivity contribution in [1.29, 1.82) is 0 Å². The van der Waals surface area contributed by atoms with Crippen LogP contribution in [0.15, 0.2) is 194 Å². The molecular weight excluding hydrogens is 701 g/mol. The molecule has 1 atom stereocenters. The zero-order chi connectivity index (χ0) is 37.0. The lowest BCUT2D eigenvalue weighted by Gasteiger charge is -2.28. The SMILES string of the molecule is c1ccc(-c2cc(-c3cccc(-c4cccc(-n5c6ccccc6c6sc7c(c65)C(c5ccccc5)Nc5ccccc5-7)c4)c3)nc(-c3ccccc3)n2)cc1. The number of aromatic nitrogens is 3. The molecule has 0 spiro atoms. The maximum atomic E-state index is 5.12. The largest absolute Gasteiger partial charge is 0.373 e. The van der Waals surface area contributed by atoms with E-state index in [1.807, 2.05) is 35.6 Å². The van der Waals surface area contributed by atoms with Gasteiger partial charge in [0.1, 0.15) is 0 Å². The van der Waals surface area contributed by atoms with Gasteiger partial charge in [0.15, 0.2) is 5.82 Å². The molecule has 1 unspecified atom stereocenters. The van der Waals surface area contributed by atoms with E-state index in [0.29, 0.717) is 5.82 Å². The molecule has 56 heavy (non-hydrogen) atoms. The van der Waals surface area contributed by atoms with Crippen LogP contribution in [-0.2, 0) is 0 Å². The first-order valence-electron chi connectivity index (χ1n) is 18.9. The van der Waals surface area contributed by atoms with Crippen molar-refractivity contribution >= 4 is 38.1 Å². The van der Waals surface area contributed by atoms with E-state index in [1.165, 1.54) is 48.4 Å². The first kappa shape index (κ1) is 32.4. The number of thiophene rings is 1. The average Bonchev–Trinajstić information content (AvgIpc) is 3.82. The van der Waals surface area contributed by atoms with Gasteiger partial charge in [-0.3, -0.25) is 0 Å². The lowest BCUT2D eigenvalue weighted by Crippen LogP contribution is -2.17. The van der Waals surface area contributed by atoms with Crippen molar-refractivity contribution in [2.45, 2.75) is 6.04 Å². The van der Waals surface area contributed by atoms with E-state index in [0.717, 1.165) is 44.9 Å². The first-order valence-corrected chi connectivity index (χ1v) is 19.8. The summed E-state index contributed by atoms with van der Waals surface area (Å²) in [6.07, 6.45) is 0. The van der Waals surface area contributed by atoms with E-state index in [1.54, 1.807) is 0 Å². The Morgan fingerprint density at radius 2 is 1.11 bits per heavy atom. The predicted octanol–water partition coefficient (Wildman–Crippen LogP) is 13.5. The highest BCUT2D eigenvalue weighted by Gasteiger charge is 2.32. The van der Waals surface area contributed by atoms with Crippen molar-refractivity contribution in [1.82, 2.24) is 14.5 Å². The monoisotopic (exact) mass is 734 g/mol. The smallest absolute Gasteiger partial charge is 0.160 e. The highest BCUT2D eigenvalue weighted by molar-refractivity contribution is 7.23. The molecule has 3 aromatic heterocycles. The summed E-state index contributed by atoms with van der Waals surface area (Å²) in [6, 6.07) is 68.8. The van der Waals surface area contributed by atoms with Crippen molar-refractivity contribution in [3.63, 3.8) is 0 Å². The van der Waals surface area contributed by atoms with Crippen molar-refractivity contribution < 1.29 is 0 Å². The lowest BCUT2D eigenvalue weighted by atomic mass is 9.91. The van der Waals surface area contributed by atoms with Crippen LogP contribution in [0.4, 0.5) is 5.69 Å². The van der Waals surface area contributed by atoms with E-state index in [2.05, 4.69) is 180 Å². The summed E-state index contributed by atoms with van der Waals surface area (Å²) >= 11 is 1.91. The number of nitrogens with zero attached hydrogens (tertiary/aromatic N) is 3. The minimum atomic E-state index is 0.00666. The number of nitrogens with one attached hydrogen (secondary N) is 1. The predicted molar refractivity (Wildman–Crippen MR) is 233 cm³/mol.